The zero-order valence-corrected chi connectivity index (χ0v) is 15.3. The Balaban J connectivity index is 2.19. The summed E-state index contributed by atoms with van der Waals surface area (Å²) in [6, 6.07) is 4.39. The van der Waals surface area contributed by atoms with E-state index in [0.29, 0.717) is 43.2 Å². The molecule has 0 aliphatic carbocycles. The third kappa shape index (κ3) is 5.16. The molecular formula is C18H26ClFN2O2. The van der Waals surface area contributed by atoms with E-state index < -0.39 is 0 Å². The zero-order chi connectivity index (χ0) is 17.7. The van der Waals surface area contributed by atoms with Gasteiger partial charge in [-0.25, -0.2) is 4.39 Å². The minimum atomic E-state index is -0.343. The normalized spacial score (nSPS) is 20.2. The second kappa shape index (κ2) is 8.79. The van der Waals surface area contributed by atoms with Gasteiger partial charge in [-0.1, -0.05) is 31.5 Å². The number of halogens is 2. The molecule has 1 amide bonds. The van der Waals surface area contributed by atoms with E-state index in [1.165, 1.54) is 6.07 Å². The Morgan fingerprint density at radius 1 is 1.50 bits per heavy atom. The highest BCUT2D eigenvalue weighted by Gasteiger charge is 2.29. The summed E-state index contributed by atoms with van der Waals surface area (Å²) in [7, 11) is 0. The van der Waals surface area contributed by atoms with E-state index in [2.05, 4.69) is 10.2 Å². The summed E-state index contributed by atoms with van der Waals surface area (Å²) in [4.78, 5) is 14.2. The monoisotopic (exact) mass is 356 g/mol. The molecule has 2 rings (SSSR count). The molecule has 0 saturated carbocycles. The smallest absolute Gasteiger partial charge is 0.220 e. The van der Waals surface area contributed by atoms with Gasteiger partial charge in [-0.15, -0.1) is 0 Å². The first-order chi connectivity index (χ1) is 11.4. The minimum Gasteiger partial charge on any atom is -0.376 e. The summed E-state index contributed by atoms with van der Waals surface area (Å²) >= 11 is 6.27. The highest BCUT2D eigenvalue weighted by molar-refractivity contribution is 6.31. The Labute approximate surface area is 148 Å². The first kappa shape index (κ1) is 19.2. The number of rotatable bonds is 6. The van der Waals surface area contributed by atoms with Gasteiger partial charge in [0.2, 0.25) is 5.91 Å². The van der Waals surface area contributed by atoms with Gasteiger partial charge in [0.1, 0.15) is 5.82 Å². The highest BCUT2D eigenvalue weighted by Crippen LogP contribution is 2.31. The second-order valence-corrected chi connectivity index (χ2v) is 7.14. The number of benzene rings is 1. The van der Waals surface area contributed by atoms with Crippen LogP contribution in [-0.4, -0.2) is 43.2 Å². The van der Waals surface area contributed by atoms with Gasteiger partial charge in [0.05, 0.1) is 18.8 Å². The molecule has 1 aromatic carbocycles. The SMILES string of the molecule is CC(C)CC(=O)NC[C@H](c1c(F)cccc1Cl)N1CCO[C@H](C)C1. The number of ether oxygens (including phenoxy) is 1. The maximum absolute atomic E-state index is 14.4. The zero-order valence-electron chi connectivity index (χ0n) is 14.5. The van der Waals surface area contributed by atoms with Crippen LogP contribution >= 0.6 is 11.6 Å². The van der Waals surface area contributed by atoms with Gasteiger partial charge in [0.25, 0.3) is 0 Å². The molecule has 24 heavy (non-hydrogen) atoms. The van der Waals surface area contributed by atoms with Crippen LogP contribution in [0.1, 0.15) is 38.8 Å². The summed E-state index contributed by atoms with van der Waals surface area (Å²) in [6.07, 6.45) is 0.523. The molecule has 0 spiro atoms. The quantitative estimate of drug-likeness (QED) is 0.849. The fraction of sp³-hybridized carbons (Fsp3) is 0.611. The van der Waals surface area contributed by atoms with Crippen molar-refractivity contribution in [3.8, 4) is 0 Å². The molecule has 0 aromatic heterocycles. The van der Waals surface area contributed by atoms with Gasteiger partial charge in [0, 0.05) is 36.6 Å². The second-order valence-electron chi connectivity index (χ2n) is 6.73. The van der Waals surface area contributed by atoms with Crippen LogP contribution in [-0.2, 0) is 9.53 Å². The molecule has 4 nitrogen and oxygen atoms in total. The Morgan fingerprint density at radius 3 is 2.88 bits per heavy atom. The number of carbonyl (C=O) groups excluding carboxylic acids is 1. The molecule has 1 heterocycles. The fourth-order valence-electron chi connectivity index (χ4n) is 3.02. The molecule has 2 atom stereocenters. The average Bonchev–Trinajstić information content (AvgIpc) is 2.49. The van der Waals surface area contributed by atoms with Crippen LogP contribution in [0.15, 0.2) is 18.2 Å². The van der Waals surface area contributed by atoms with Crippen molar-refractivity contribution in [1.82, 2.24) is 10.2 Å². The largest absolute Gasteiger partial charge is 0.376 e. The minimum absolute atomic E-state index is 0.0243. The lowest BCUT2D eigenvalue weighted by atomic mass is 10.0. The van der Waals surface area contributed by atoms with E-state index >= 15 is 0 Å². The number of amides is 1. The maximum atomic E-state index is 14.4. The molecule has 0 unspecified atom stereocenters. The fourth-order valence-corrected chi connectivity index (χ4v) is 3.31. The molecule has 6 heteroatoms. The van der Waals surface area contributed by atoms with E-state index in [1.54, 1.807) is 12.1 Å². The summed E-state index contributed by atoms with van der Waals surface area (Å²) < 4.78 is 20.0. The molecule has 134 valence electrons. The lowest BCUT2D eigenvalue weighted by Gasteiger charge is -2.38. The van der Waals surface area contributed by atoms with Crippen LogP contribution in [0.25, 0.3) is 0 Å². The number of nitrogens with one attached hydrogen (secondary N) is 1. The van der Waals surface area contributed by atoms with Gasteiger partial charge in [-0.2, -0.15) is 0 Å². The third-order valence-electron chi connectivity index (χ3n) is 4.13. The lowest BCUT2D eigenvalue weighted by molar-refractivity contribution is -0.122. The van der Waals surface area contributed by atoms with Crippen LogP contribution < -0.4 is 5.32 Å². The summed E-state index contributed by atoms with van der Waals surface area (Å²) in [5.41, 5.74) is 0.443. The van der Waals surface area contributed by atoms with E-state index in [-0.39, 0.29) is 29.8 Å². The molecule has 1 N–H and O–H groups in total. The van der Waals surface area contributed by atoms with E-state index in [9.17, 15) is 9.18 Å². The van der Waals surface area contributed by atoms with Crippen LogP contribution in [0.4, 0.5) is 4.39 Å². The summed E-state index contributed by atoms with van der Waals surface area (Å²) in [5.74, 6) is -0.0857. The van der Waals surface area contributed by atoms with E-state index in [1.807, 2.05) is 20.8 Å². The topological polar surface area (TPSA) is 41.6 Å². The number of nitrogens with zero attached hydrogens (tertiary/aromatic N) is 1. The van der Waals surface area contributed by atoms with Crippen molar-refractivity contribution < 1.29 is 13.9 Å². The number of carbonyl (C=O) groups is 1. The Morgan fingerprint density at radius 2 is 2.25 bits per heavy atom. The molecule has 1 saturated heterocycles. The van der Waals surface area contributed by atoms with Crippen molar-refractivity contribution in [2.24, 2.45) is 5.92 Å². The predicted octanol–water partition coefficient (Wildman–Crippen LogP) is 3.40. The van der Waals surface area contributed by atoms with Crippen molar-refractivity contribution in [2.75, 3.05) is 26.2 Å². The molecule has 1 aliphatic rings. The number of hydrogen-bond acceptors (Lipinski definition) is 3. The molecule has 0 radical (unpaired) electrons. The Kier molecular flexibility index (Phi) is 7.02. The van der Waals surface area contributed by atoms with Gasteiger partial charge >= 0.3 is 0 Å². The first-order valence-corrected chi connectivity index (χ1v) is 8.82. The summed E-state index contributed by atoms with van der Waals surface area (Å²) in [6.45, 7) is 8.25. The van der Waals surface area contributed by atoms with E-state index in [4.69, 9.17) is 16.3 Å². The third-order valence-corrected chi connectivity index (χ3v) is 4.46. The summed E-state index contributed by atoms with van der Waals surface area (Å²) in [5, 5.41) is 3.32. The Hall–Kier alpha value is -1.17. The lowest BCUT2D eigenvalue weighted by Crippen LogP contribution is -2.47. The van der Waals surface area contributed by atoms with Gasteiger partial charge in [0.15, 0.2) is 0 Å². The van der Waals surface area contributed by atoms with Gasteiger partial charge < -0.3 is 10.1 Å². The maximum Gasteiger partial charge on any atom is 0.220 e. The van der Waals surface area contributed by atoms with Crippen molar-refractivity contribution in [2.45, 2.75) is 39.3 Å². The van der Waals surface area contributed by atoms with Gasteiger partial charge in [-0.3, -0.25) is 9.69 Å². The van der Waals surface area contributed by atoms with Crippen LogP contribution in [0, 0.1) is 11.7 Å². The average molecular weight is 357 g/mol. The van der Waals surface area contributed by atoms with Crippen molar-refractivity contribution in [3.05, 3.63) is 34.6 Å². The molecule has 1 fully saturated rings. The molecule has 0 bridgehead atoms. The van der Waals surface area contributed by atoms with Crippen LogP contribution in [0.5, 0.6) is 0 Å². The van der Waals surface area contributed by atoms with Crippen LogP contribution in [0.3, 0.4) is 0 Å². The van der Waals surface area contributed by atoms with Gasteiger partial charge in [-0.05, 0) is 25.0 Å². The van der Waals surface area contributed by atoms with Crippen LogP contribution in [0.2, 0.25) is 5.02 Å². The predicted molar refractivity (Wildman–Crippen MR) is 93.6 cm³/mol. The molecule has 1 aliphatic heterocycles. The van der Waals surface area contributed by atoms with Crippen molar-refractivity contribution >= 4 is 17.5 Å². The standard InChI is InChI=1S/C18H26ClFN2O2/c1-12(2)9-17(23)21-10-16(22-7-8-24-13(3)11-22)18-14(19)5-4-6-15(18)20/h4-6,12-13,16H,7-11H2,1-3H3,(H,21,23)/t13-,16-/m1/s1. The molecular weight excluding hydrogens is 331 g/mol. The number of hydrogen-bond donors (Lipinski definition) is 1. The highest BCUT2D eigenvalue weighted by atomic mass is 35.5. The first-order valence-electron chi connectivity index (χ1n) is 8.44. The Bertz CT molecular complexity index is 548. The van der Waals surface area contributed by atoms with E-state index in [0.717, 1.165) is 0 Å². The number of morpholine rings is 1. The van der Waals surface area contributed by atoms with Crippen molar-refractivity contribution in [3.63, 3.8) is 0 Å². The molecule has 1 aromatic rings. The van der Waals surface area contributed by atoms with Crippen molar-refractivity contribution in [1.29, 1.82) is 0 Å².